The summed E-state index contributed by atoms with van der Waals surface area (Å²) in [5.41, 5.74) is 1.50. The monoisotopic (exact) mass is 385 g/mol. The molecule has 2 heterocycles. The van der Waals surface area contributed by atoms with Crippen LogP contribution >= 0.6 is 11.3 Å². The van der Waals surface area contributed by atoms with E-state index in [4.69, 9.17) is 9.47 Å². The third-order valence-electron chi connectivity index (χ3n) is 4.21. The highest BCUT2D eigenvalue weighted by atomic mass is 32.1. The first-order chi connectivity index (χ1) is 13.0. The maximum absolute atomic E-state index is 12.4. The van der Waals surface area contributed by atoms with Gasteiger partial charge in [-0.15, -0.1) is 0 Å². The Morgan fingerprint density at radius 1 is 1.26 bits per heavy atom. The SMILES string of the molecule is CCn1c(=NC(=O)Cc2ccc3c(c2)OCO3)sc2ccc([N+](=O)[O-])cc21. The van der Waals surface area contributed by atoms with E-state index in [1.807, 2.05) is 17.6 Å². The van der Waals surface area contributed by atoms with Gasteiger partial charge in [0.15, 0.2) is 16.3 Å². The maximum Gasteiger partial charge on any atom is 0.271 e. The lowest BCUT2D eigenvalue weighted by atomic mass is 10.1. The second-order valence-electron chi connectivity index (χ2n) is 5.91. The van der Waals surface area contributed by atoms with Gasteiger partial charge in [-0.1, -0.05) is 17.4 Å². The summed E-state index contributed by atoms with van der Waals surface area (Å²) in [6.45, 7) is 2.64. The highest BCUT2D eigenvalue weighted by molar-refractivity contribution is 7.16. The van der Waals surface area contributed by atoms with Crippen molar-refractivity contribution < 1.29 is 19.2 Å². The molecule has 0 unspecified atom stereocenters. The Morgan fingerprint density at radius 2 is 2.07 bits per heavy atom. The van der Waals surface area contributed by atoms with E-state index in [1.54, 1.807) is 18.2 Å². The number of nitrogens with zero attached hydrogens (tertiary/aromatic N) is 3. The molecule has 0 aliphatic carbocycles. The Morgan fingerprint density at radius 3 is 2.85 bits per heavy atom. The van der Waals surface area contributed by atoms with E-state index in [-0.39, 0.29) is 24.8 Å². The number of aryl methyl sites for hydroxylation is 1. The summed E-state index contributed by atoms with van der Waals surface area (Å²) in [7, 11) is 0. The van der Waals surface area contributed by atoms with Gasteiger partial charge in [0.2, 0.25) is 6.79 Å². The summed E-state index contributed by atoms with van der Waals surface area (Å²) >= 11 is 1.34. The van der Waals surface area contributed by atoms with Crippen molar-refractivity contribution in [1.82, 2.24) is 4.57 Å². The van der Waals surface area contributed by atoms with E-state index in [1.165, 1.54) is 23.5 Å². The summed E-state index contributed by atoms with van der Waals surface area (Å²) in [4.78, 5) is 27.8. The van der Waals surface area contributed by atoms with Gasteiger partial charge in [0.1, 0.15) is 0 Å². The Balaban J connectivity index is 1.67. The molecule has 0 bridgehead atoms. The van der Waals surface area contributed by atoms with Crippen LogP contribution in [0.2, 0.25) is 0 Å². The quantitative estimate of drug-likeness (QED) is 0.508. The third kappa shape index (κ3) is 3.28. The summed E-state index contributed by atoms with van der Waals surface area (Å²) in [6.07, 6.45) is 0.134. The smallest absolute Gasteiger partial charge is 0.271 e. The number of rotatable bonds is 4. The molecule has 1 aliphatic heterocycles. The number of hydrogen-bond donors (Lipinski definition) is 0. The van der Waals surface area contributed by atoms with Crippen LogP contribution in [-0.2, 0) is 17.8 Å². The molecule has 1 amide bonds. The van der Waals surface area contributed by atoms with Crippen LogP contribution in [0, 0.1) is 10.1 Å². The number of ether oxygens (including phenoxy) is 2. The summed E-state index contributed by atoms with van der Waals surface area (Å²) in [5, 5.41) is 11.0. The Bertz CT molecular complexity index is 1130. The number of carbonyl (C=O) groups is 1. The van der Waals surface area contributed by atoms with Crippen molar-refractivity contribution in [2.45, 2.75) is 19.9 Å². The van der Waals surface area contributed by atoms with E-state index in [0.29, 0.717) is 28.4 Å². The van der Waals surface area contributed by atoms with Gasteiger partial charge in [-0.3, -0.25) is 14.9 Å². The predicted molar refractivity (Wildman–Crippen MR) is 99.0 cm³/mol. The first kappa shape index (κ1) is 17.2. The van der Waals surface area contributed by atoms with E-state index in [2.05, 4.69) is 4.99 Å². The normalized spacial score (nSPS) is 13.3. The zero-order valence-electron chi connectivity index (χ0n) is 14.4. The summed E-state index contributed by atoms with van der Waals surface area (Å²) in [5.74, 6) is 0.994. The minimum atomic E-state index is -0.432. The van der Waals surface area contributed by atoms with E-state index in [9.17, 15) is 14.9 Å². The lowest BCUT2D eigenvalue weighted by molar-refractivity contribution is -0.384. The second kappa shape index (κ2) is 6.84. The van der Waals surface area contributed by atoms with Crippen LogP contribution in [0.25, 0.3) is 10.2 Å². The van der Waals surface area contributed by atoms with Crippen molar-refractivity contribution in [2.75, 3.05) is 6.79 Å². The number of thiazole rings is 1. The molecule has 0 saturated heterocycles. The molecule has 0 radical (unpaired) electrons. The van der Waals surface area contributed by atoms with Crippen LogP contribution in [0.4, 0.5) is 5.69 Å². The number of benzene rings is 2. The number of carbonyl (C=O) groups excluding carboxylic acids is 1. The molecule has 0 spiro atoms. The van der Waals surface area contributed by atoms with Crippen molar-refractivity contribution in [3.8, 4) is 11.5 Å². The number of nitro benzene ring substituents is 1. The zero-order chi connectivity index (χ0) is 19.0. The topological polar surface area (TPSA) is 96.0 Å². The fourth-order valence-corrected chi connectivity index (χ4v) is 4.03. The lowest BCUT2D eigenvalue weighted by Crippen LogP contribution is -2.16. The third-order valence-corrected chi connectivity index (χ3v) is 5.26. The van der Waals surface area contributed by atoms with Crippen LogP contribution in [0.5, 0.6) is 11.5 Å². The first-order valence-corrected chi connectivity index (χ1v) is 9.10. The minimum Gasteiger partial charge on any atom is -0.454 e. The molecule has 138 valence electrons. The van der Waals surface area contributed by atoms with Gasteiger partial charge in [-0.05, 0) is 30.7 Å². The van der Waals surface area contributed by atoms with Crippen molar-refractivity contribution in [2.24, 2.45) is 4.99 Å². The van der Waals surface area contributed by atoms with E-state index >= 15 is 0 Å². The summed E-state index contributed by atoms with van der Waals surface area (Å²) in [6, 6.07) is 10.0. The number of amides is 1. The average molecular weight is 385 g/mol. The molecule has 1 aromatic heterocycles. The Labute approximate surface area is 157 Å². The average Bonchev–Trinajstić information content (AvgIpc) is 3.23. The standard InChI is InChI=1S/C18H15N3O5S/c1-2-20-13-9-12(21(23)24)4-6-16(13)27-18(20)19-17(22)8-11-3-5-14-15(7-11)26-10-25-14/h3-7,9H,2,8,10H2,1H3. The van der Waals surface area contributed by atoms with Crippen molar-refractivity contribution in [3.63, 3.8) is 0 Å². The highest BCUT2D eigenvalue weighted by Gasteiger charge is 2.15. The number of aromatic nitrogens is 1. The highest BCUT2D eigenvalue weighted by Crippen LogP contribution is 2.32. The van der Waals surface area contributed by atoms with Gasteiger partial charge in [0.05, 0.1) is 21.6 Å². The Hall–Kier alpha value is -3.20. The molecule has 0 atom stereocenters. The lowest BCUT2D eigenvalue weighted by Gasteiger charge is -2.01. The van der Waals surface area contributed by atoms with Crippen LogP contribution in [-0.4, -0.2) is 22.2 Å². The maximum atomic E-state index is 12.4. The predicted octanol–water partition coefficient (Wildman–Crippen LogP) is 3.03. The number of hydrogen-bond acceptors (Lipinski definition) is 6. The molecule has 0 N–H and O–H groups in total. The van der Waals surface area contributed by atoms with Gasteiger partial charge in [0.25, 0.3) is 11.6 Å². The molecule has 1 aliphatic rings. The fraction of sp³-hybridized carbons (Fsp3) is 0.222. The summed E-state index contributed by atoms with van der Waals surface area (Å²) < 4.78 is 13.2. The van der Waals surface area contributed by atoms with Gasteiger partial charge >= 0.3 is 0 Å². The molecule has 8 nitrogen and oxygen atoms in total. The molecular weight excluding hydrogens is 370 g/mol. The number of non-ortho nitro benzene ring substituents is 1. The minimum absolute atomic E-state index is 0.0146. The molecule has 0 saturated carbocycles. The molecule has 2 aromatic carbocycles. The molecule has 4 rings (SSSR count). The zero-order valence-corrected chi connectivity index (χ0v) is 15.2. The molecule has 9 heteroatoms. The molecule has 3 aromatic rings. The first-order valence-electron chi connectivity index (χ1n) is 8.29. The van der Waals surface area contributed by atoms with Gasteiger partial charge < -0.3 is 14.0 Å². The largest absolute Gasteiger partial charge is 0.454 e. The van der Waals surface area contributed by atoms with Gasteiger partial charge in [0, 0.05) is 18.7 Å². The second-order valence-corrected chi connectivity index (χ2v) is 6.92. The van der Waals surface area contributed by atoms with E-state index in [0.717, 1.165) is 10.3 Å². The van der Waals surface area contributed by atoms with Gasteiger partial charge in [-0.25, -0.2) is 0 Å². The van der Waals surface area contributed by atoms with Crippen LogP contribution < -0.4 is 14.3 Å². The van der Waals surface area contributed by atoms with Crippen LogP contribution in [0.15, 0.2) is 41.4 Å². The van der Waals surface area contributed by atoms with Crippen molar-refractivity contribution in [3.05, 3.63) is 56.9 Å². The van der Waals surface area contributed by atoms with E-state index < -0.39 is 4.92 Å². The fourth-order valence-electron chi connectivity index (χ4n) is 2.93. The Kier molecular flexibility index (Phi) is 4.36. The molecular formula is C18H15N3O5S. The number of fused-ring (bicyclic) bond motifs is 2. The van der Waals surface area contributed by atoms with Crippen molar-refractivity contribution >= 4 is 33.1 Å². The van der Waals surface area contributed by atoms with Crippen LogP contribution in [0.1, 0.15) is 12.5 Å². The molecule has 0 fully saturated rings. The molecule has 27 heavy (non-hydrogen) atoms. The van der Waals surface area contributed by atoms with Crippen molar-refractivity contribution in [1.29, 1.82) is 0 Å². The van der Waals surface area contributed by atoms with Gasteiger partial charge in [-0.2, -0.15) is 4.99 Å². The van der Waals surface area contributed by atoms with Crippen LogP contribution in [0.3, 0.4) is 0 Å². The number of nitro groups is 1.